The first-order valence-corrected chi connectivity index (χ1v) is 8.24. The fourth-order valence-corrected chi connectivity index (χ4v) is 2.71. The lowest BCUT2D eigenvalue weighted by Gasteiger charge is -2.13. The number of aromatic nitrogens is 2. The third kappa shape index (κ3) is 5.90. The summed E-state index contributed by atoms with van der Waals surface area (Å²) < 4.78 is 1.89. The van der Waals surface area contributed by atoms with E-state index in [2.05, 4.69) is 31.2 Å². The molecule has 0 aromatic carbocycles. The van der Waals surface area contributed by atoms with E-state index in [4.69, 9.17) is 0 Å². The average Bonchev–Trinajstić information content (AvgIpc) is 2.66. The van der Waals surface area contributed by atoms with Crippen LogP contribution in [0.1, 0.15) is 69.3 Å². The van der Waals surface area contributed by atoms with Gasteiger partial charge in [-0.3, -0.25) is 9.48 Å². The van der Waals surface area contributed by atoms with Crippen LogP contribution in [-0.4, -0.2) is 21.7 Å². The molecule has 1 unspecified atom stereocenters. The summed E-state index contributed by atoms with van der Waals surface area (Å²) in [6.07, 6.45) is 7.43. The van der Waals surface area contributed by atoms with Gasteiger partial charge in [0.05, 0.1) is 5.69 Å². The molecule has 0 spiro atoms. The summed E-state index contributed by atoms with van der Waals surface area (Å²) in [4.78, 5) is 12.0. The highest BCUT2D eigenvalue weighted by Gasteiger charge is 2.12. The number of amides is 1. The maximum atomic E-state index is 12.0. The third-order valence-corrected chi connectivity index (χ3v) is 4.16. The predicted octanol–water partition coefficient (Wildman–Crippen LogP) is 3.44. The molecule has 1 aromatic heterocycles. The van der Waals surface area contributed by atoms with Crippen LogP contribution >= 0.6 is 0 Å². The van der Waals surface area contributed by atoms with Crippen LogP contribution in [0, 0.1) is 13.8 Å². The van der Waals surface area contributed by atoms with Gasteiger partial charge in [-0.1, -0.05) is 32.6 Å². The van der Waals surface area contributed by atoms with Crippen LogP contribution in [0.25, 0.3) is 0 Å². The van der Waals surface area contributed by atoms with E-state index in [1.165, 1.54) is 31.2 Å². The molecule has 4 nitrogen and oxygen atoms in total. The molecule has 1 atom stereocenters. The second-order valence-electron chi connectivity index (χ2n) is 6.09. The highest BCUT2D eigenvalue weighted by Crippen LogP contribution is 2.14. The van der Waals surface area contributed by atoms with Gasteiger partial charge in [0.15, 0.2) is 0 Å². The van der Waals surface area contributed by atoms with Gasteiger partial charge in [0, 0.05) is 25.2 Å². The molecule has 0 fully saturated rings. The van der Waals surface area contributed by atoms with Crippen molar-refractivity contribution >= 4 is 5.91 Å². The smallest absolute Gasteiger partial charge is 0.220 e. The van der Waals surface area contributed by atoms with Crippen molar-refractivity contribution in [2.45, 2.75) is 78.7 Å². The number of carbonyl (C=O) groups is 1. The molecule has 0 radical (unpaired) electrons. The molecular weight excluding hydrogens is 262 g/mol. The van der Waals surface area contributed by atoms with Crippen molar-refractivity contribution in [3.63, 3.8) is 0 Å². The van der Waals surface area contributed by atoms with Gasteiger partial charge in [-0.25, -0.2) is 0 Å². The highest BCUT2D eigenvalue weighted by atomic mass is 16.1. The van der Waals surface area contributed by atoms with Gasteiger partial charge in [0.25, 0.3) is 0 Å². The number of hydrogen-bond donors (Lipinski definition) is 1. The number of aryl methyl sites for hydroxylation is 2. The maximum absolute atomic E-state index is 12.0. The zero-order chi connectivity index (χ0) is 15.8. The number of carbonyl (C=O) groups excluding carboxylic acids is 1. The normalized spacial score (nSPS) is 12.4. The minimum Gasteiger partial charge on any atom is -0.354 e. The van der Waals surface area contributed by atoms with Crippen molar-refractivity contribution < 1.29 is 4.79 Å². The van der Waals surface area contributed by atoms with Gasteiger partial charge in [-0.2, -0.15) is 5.10 Å². The minimum atomic E-state index is 0.153. The average molecular weight is 293 g/mol. The first-order chi connectivity index (χ1) is 9.95. The van der Waals surface area contributed by atoms with Crippen molar-refractivity contribution in [1.82, 2.24) is 15.1 Å². The lowest BCUT2D eigenvalue weighted by atomic mass is 10.1. The molecule has 0 saturated heterocycles. The molecule has 0 saturated carbocycles. The molecule has 0 aliphatic rings. The third-order valence-electron chi connectivity index (χ3n) is 4.16. The number of hydrogen-bond acceptors (Lipinski definition) is 2. The number of unbranched alkanes of at least 4 members (excludes halogenated alkanes) is 3. The fraction of sp³-hybridized carbons (Fsp3) is 0.765. The second-order valence-corrected chi connectivity index (χ2v) is 6.09. The molecule has 1 N–H and O–H groups in total. The molecule has 1 rings (SSSR count). The standard InChI is InChI=1S/C17H31N3O/c1-6-7-8-9-10-13(2)18-17(21)12-11-16-14(3)19-20(5)15(16)4/h13H,6-12H2,1-5H3,(H,18,21). The zero-order valence-electron chi connectivity index (χ0n) is 14.3. The first-order valence-electron chi connectivity index (χ1n) is 8.24. The summed E-state index contributed by atoms with van der Waals surface area (Å²) in [7, 11) is 1.95. The van der Waals surface area contributed by atoms with Gasteiger partial charge in [0.1, 0.15) is 0 Å². The van der Waals surface area contributed by atoms with Gasteiger partial charge >= 0.3 is 0 Å². The molecule has 1 amide bonds. The van der Waals surface area contributed by atoms with E-state index in [9.17, 15) is 4.79 Å². The topological polar surface area (TPSA) is 46.9 Å². The first kappa shape index (κ1) is 17.7. The van der Waals surface area contributed by atoms with Crippen LogP contribution in [0.5, 0.6) is 0 Å². The molecule has 0 aliphatic carbocycles. The lowest BCUT2D eigenvalue weighted by Crippen LogP contribution is -2.32. The van der Waals surface area contributed by atoms with Crippen LogP contribution < -0.4 is 5.32 Å². The Kier molecular flexibility index (Phi) is 7.48. The molecule has 1 aromatic rings. The van der Waals surface area contributed by atoms with Crippen molar-refractivity contribution in [2.24, 2.45) is 7.05 Å². The summed E-state index contributed by atoms with van der Waals surface area (Å²) in [5, 5.41) is 7.50. The Bertz CT molecular complexity index is 451. The lowest BCUT2D eigenvalue weighted by molar-refractivity contribution is -0.121. The summed E-state index contributed by atoms with van der Waals surface area (Å²) in [6, 6.07) is 0.283. The maximum Gasteiger partial charge on any atom is 0.220 e. The van der Waals surface area contributed by atoms with Crippen LogP contribution in [-0.2, 0) is 18.3 Å². The van der Waals surface area contributed by atoms with Crippen LogP contribution in [0.3, 0.4) is 0 Å². The monoisotopic (exact) mass is 293 g/mol. The molecule has 4 heteroatoms. The van der Waals surface area contributed by atoms with Gasteiger partial charge < -0.3 is 5.32 Å². The molecular formula is C17H31N3O. The zero-order valence-corrected chi connectivity index (χ0v) is 14.3. The summed E-state index contributed by atoms with van der Waals surface area (Å²) in [5.74, 6) is 0.153. The Balaban J connectivity index is 2.30. The van der Waals surface area contributed by atoms with Crippen molar-refractivity contribution in [2.75, 3.05) is 0 Å². The van der Waals surface area contributed by atoms with Crippen molar-refractivity contribution in [3.05, 3.63) is 17.0 Å². The van der Waals surface area contributed by atoms with E-state index >= 15 is 0 Å². The second kappa shape index (κ2) is 8.85. The quantitative estimate of drug-likeness (QED) is 0.709. The van der Waals surface area contributed by atoms with E-state index in [-0.39, 0.29) is 11.9 Å². The minimum absolute atomic E-state index is 0.153. The van der Waals surface area contributed by atoms with E-state index in [0.29, 0.717) is 6.42 Å². The van der Waals surface area contributed by atoms with Crippen molar-refractivity contribution in [3.8, 4) is 0 Å². The molecule has 120 valence electrons. The van der Waals surface area contributed by atoms with Gasteiger partial charge in [-0.05, 0) is 39.2 Å². The Morgan fingerprint density at radius 2 is 2.00 bits per heavy atom. The highest BCUT2D eigenvalue weighted by molar-refractivity contribution is 5.76. The Hall–Kier alpha value is -1.32. The SMILES string of the molecule is CCCCCCC(C)NC(=O)CCc1c(C)nn(C)c1C. The van der Waals surface area contributed by atoms with Gasteiger partial charge in [-0.15, -0.1) is 0 Å². The summed E-state index contributed by atoms with van der Waals surface area (Å²) in [5.41, 5.74) is 3.41. The van der Waals surface area contributed by atoms with Crippen molar-refractivity contribution in [1.29, 1.82) is 0 Å². The Labute approximate surface area is 129 Å². The number of rotatable bonds is 9. The van der Waals surface area contributed by atoms with Crippen LogP contribution in [0.2, 0.25) is 0 Å². The van der Waals surface area contributed by atoms with E-state index in [1.54, 1.807) is 0 Å². The van der Waals surface area contributed by atoms with E-state index < -0.39 is 0 Å². The van der Waals surface area contributed by atoms with E-state index in [1.807, 2.05) is 18.7 Å². The number of nitrogens with one attached hydrogen (secondary N) is 1. The molecule has 1 heterocycles. The number of nitrogens with zero attached hydrogens (tertiary/aromatic N) is 2. The molecule has 21 heavy (non-hydrogen) atoms. The predicted molar refractivity (Wildman–Crippen MR) is 87.4 cm³/mol. The molecule has 0 aliphatic heterocycles. The van der Waals surface area contributed by atoms with Crippen LogP contribution in [0.4, 0.5) is 0 Å². The van der Waals surface area contributed by atoms with E-state index in [0.717, 1.165) is 24.2 Å². The summed E-state index contributed by atoms with van der Waals surface area (Å²) in [6.45, 7) is 8.39. The fourth-order valence-electron chi connectivity index (χ4n) is 2.71. The van der Waals surface area contributed by atoms with Crippen LogP contribution in [0.15, 0.2) is 0 Å². The van der Waals surface area contributed by atoms with Gasteiger partial charge in [0.2, 0.25) is 5.91 Å². The largest absolute Gasteiger partial charge is 0.354 e. The Morgan fingerprint density at radius 3 is 2.57 bits per heavy atom. The summed E-state index contributed by atoms with van der Waals surface area (Å²) >= 11 is 0. The Morgan fingerprint density at radius 1 is 1.29 bits per heavy atom. The molecule has 0 bridgehead atoms.